The molecule has 1 atom stereocenters. The maximum atomic E-state index is 12.0. The fraction of sp³-hybridized carbons (Fsp3) is 0.636. The number of terminal acetylenes is 1. The van der Waals surface area contributed by atoms with E-state index in [0.717, 1.165) is 25.0 Å². The Kier molecular flexibility index (Phi) is 5.20. The summed E-state index contributed by atoms with van der Waals surface area (Å²) in [4.78, 5) is 23.8. The molecule has 1 N–H and O–H groups in total. The molecule has 88 valence electrons. The summed E-state index contributed by atoms with van der Waals surface area (Å²) in [5.41, 5.74) is 0. The number of nitrogens with zero attached hydrogens (tertiary/aromatic N) is 1. The van der Waals surface area contributed by atoms with Gasteiger partial charge in [-0.05, 0) is 18.6 Å². The first-order valence-corrected chi connectivity index (χ1v) is 6.25. The Morgan fingerprint density at radius 2 is 2.25 bits per heavy atom. The van der Waals surface area contributed by atoms with Gasteiger partial charge in [-0.3, -0.25) is 9.59 Å². The standard InChI is InChI=1S/C11H15NO3S/c1-2-6-12(8-10(13)14)11(15)9-5-3-4-7-16-9/h1,9H,3-8H2,(H,13,14). The van der Waals surface area contributed by atoms with Crippen molar-refractivity contribution in [3.63, 3.8) is 0 Å². The fourth-order valence-electron chi connectivity index (χ4n) is 1.62. The van der Waals surface area contributed by atoms with Gasteiger partial charge in [0.2, 0.25) is 5.91 Å². The Bertz CT molecular complexity index is 305. The van der Waals surface area contributed by atoms with Crippen molar-refractivity contribution in [2.45, 2.75) is 24.5 Å². The Balaban J connectivity index is 2.58. The Hall–Kier alpha value is -1.15. The SMILES string of the molecule is C#CCN(CC(=O)O)C(=O)C1CCCCS1. The zero-order valence-corrected chi connectivity index (χ0v) is 9.83. The highest BCUT2D eigenvalue weighted by Crippen LogP contribution is 2.26. The lowest BCUT2D eigenvalue weighted by atomic mass is 10.1. The second-order valence-corrected chi connectivity index (χ2v) is 4.96. The van der Waals surface area contributed by atoms with Crippen LogP contribution in [0.4, 0.5) is 0 Å². The van der Waals surface area contributed by atoms with Crippen LogP contribution in [-0.2, 0) is 9.59 Å². The zero-order chi connectivity index (χ0) is 12.0. The molecule has 0 spiro atoms. The molecule has 1 unspecified atom stereocenters. The lowest BCUT2D eigenvalue weighted by molar-refractivity contribution is -0.143. The number of carbonyl (C=O) groups is 2. The van der Waals surface area contributed by atoms with Crippen LogP contribution < -0.4 is 0 Å². The van der Waals surface area contributed by atoms with Crippen molar-refractivity contribution in [1.29, 1.82) is 0 Å². The summed E-state index contributed by atoms with van der Waals surface area (Å²) in [6, 6.07) is 0. The van der Waals surface area contributed by atoms with E-state index < -0.39 is 5.97 Å². The highest BCUT2D eigenvalue weighted by molar-refractivity contribution is 8.00. The molecule has 4 nitrogen and oxygen atoms in total. The molecule has 1 saturated heterocycles. The predicted octanol–water partition coefficient (Wildman–Crippen LogP) is 0.818. The largest absolute Gasteiger partial charge is 0.480 e. The number of carboxylic acid groups (broad SMARTS) is 1. The van der Waals surface area contributed by atoms with Crippen molar-refractivity contribution >= 4 is 23.6 Å². The monoisotopic (exact) mass is 241 g/mol. The Labute approximate surface area is 99.4 Å². The van der Waals surface area contributed by atoms with Crippen LogP contribution in [0.1, 0.15) is 19.3 Å². The van der Waals surface area contributed by atoms with Gasteiger partial charge >= 0.3 is 5.97 Å². The van der Waals surface area contributed by atoms with Crippen LogP contribution in [0.15, 0.2) is 0 Å². The van der Waals surface area contributed by atoms with Gasteiger partial charge in [0, 0.05) is 0 Å². The lowest BCUT2D eigenvalue weighted by Gasteiger charge is -2.26. The molecular formula is C11H15NO3S. The van der Waals surface area contributed by atoms with Gasteiger partial charge in [-0.25, -0.2) is 0 Å². The average Bonchev–Trinajstić information content (AvgIpc) is 2.28. The van der Waals surface area contributed by atoms with Crippen LogP contribution in [0.5, 0.6) is 0 Å². The minimum atomic E-state index is -1.02. The summed E-state index contributed by atoms with van der Waals surface area (Å²) >= 11 is 1.60. The number of carbonyl (C=O) groups excluding carboxylic acids is 1. The maximum absolute atomic E-state index is 12.0. The normalized spacial score (nSPS) is 19.8. The number of carboxylic acids is 1. The number of thioether (sulfide) groups is 1. The van der Waals surface area contributed by atoms with E-state index >= 15 is 0 Å². The van der Waals surface area contributed by atoms with Crippen LogP contribution in [0, 0.1) is 12.3 Å². The number of amides is 1. The van der Waals surface area contributed by atoms with Gasteiger partial charge in [-0.1, -0.05) is 12.3 Å². The highest BCUT2D eigenvalue weighted by Gasteiger charge is 2.27. The highest BCUT2D eigenvalue weighted by atomic mass is 32.2. The molecule has 0 aromatic carbocycles. The average molecular weight is 241 g/mol. The predicted molar refractivity (Wildman–Crippen MR) is 63.1 cm³/mol. The first-order valence-electron chi connectivity index (χ1n) is 5.21. The van der Waals surface area contributed by atoms with E-state index in [1.54, 1.807) is 11.8 Å². The molecule has 1 heterocycles. The van der Waals surface area contributed by atoms with Gasteiger partial charge in [-0.2, -0.15) is 0 Å². The van der Waals surface area contributed by atoms with E-state index in [-0.39, 0.29) is 24.2 Å². The molecule has 1 rings (SSSR count). The molecule has 0 radical (unpaired) electrons. The molecule has 0 bridgehead atoms. The number of aliphatic carboxylic acids is 1. The number of hydrogen-bond donors (Lipinski definition) is 1. The first kappa shape index (κ1) is 12.9. The zero-order valence-electron chi connectivity index (χ0n) is 9.02. The van der Waals surface area contributed by atoms with E-state index in [9.17, 15) is 9.59 Å². The molecule has 0 saturated carbocycles. The van der Waals surface area contributed by atoms with E-state index in [0.29, 0.717) is 0 Å². The number of hydrogen-bond acceptors (Lipinski definition) is 3. The van der Waals surface area contributed by atoms with E-state index in [1.165, 1.54) is 4.90 Å². The van der Waals surface area contributed by atoms with Crippen LogP contribution >= 0.6 is 11.8 Å². The van der Waals surface area contributed by atoms with Gasteiger partial charge in [0.1, 0.15) is 6.54 Å². The molecule has 1 amide bonds. The van der Waals surface area contributed by atoms with Gasteiger partial charge in [0.05, 0.1) is 11.8 Å². The van der Waals surface area contributed by atoms with Gasteiger partial charge < -0.3 is 10.0 Å². The van der Waals surface area contributed by atoms with Crippen molar-refractivity contribution in [3.8, 4) is 12.3 Å². The van der Waals surface area contributed by atoms with Crippen molar-refractivity contribution < 1.29 is 14.7 Å². The van der Waals surface area contributed by atoms with Crippen LogP contribution in [0.2, 0.25) is 0 Å². The summed E-state index contributed by atoms with van der Waals surface area (Å²) in [5.74, 6) is 2.13. The molecule has 1 fully saturated rings. The van der Waals surface area contributed by atoms with Gasteiger partial charge in [0.25, 0.3) is 0 Å². The third kappa shape index (κ3) is 3.78. The summed E-state index contributed by atoms with van der Waals surface area (Å²) in [6.07, 6.45) is 8.11. The molecule has 0 aromatic rings. The van der Waals surface area contributed by atoms with Crippen LogP contribution in [-0.4, -0.2) is 46.0 Å². The summed E-state index contributed by atoms with van der Waals surface area (Å²) in [7, 11) is 0. The topological polar surface area (TPSA) is 57.6 Å². The third-order valence-electron chi connectivity index (χ3n) is 2.38. The van der Waals surface area contributed by atoms with Crippen molar-refractivity contribution in [3.05, 3.63) is 0 Å². The van der Waals surface area contributed by atoms with Gasteiger partial charge in [-0.15, -0.1) is 18.2 Å². The maximum Gasteiger partial charge on any atom is 0.323 e. The second kappa shape index (κ2) is 6.44. The first-order chi connectivity index (χ1) is 7.65. The van der Waals surface area contributed by atoms with Gasteiger partial charge in [0.15, 0.2) is 0 Å². The smallest absolute Gasteiger partial charge is 0.323 e. The molecule has 0 aromatic heterocycles. The third-order valence-corrected chi connectivity index (χ3v) is 3.74. The second-order valence-electron chi connectivity index (χ2n) is 3.65. The van der Waals surface area contributed by atoms with E-state index in [1.807, 2.05) is 0 Å². The van der Waals surface area contributed by atoms with Crippen molar-refractivity contribution in [2.75, 3.05) is 18.8 Å². The Morgan fingerprint density at radius 1 is 1.50 bits per heavy atom. The number of rotatable bonds is 4. The molecule has 1 aliphatic heterocycles. The van der Waals surface area contributed by atoms with Crippen LogP contribution in [0.25, 0.3) is 0 Å². The minimum absolute atomic E-state index is 0.0716. The lowest BCUT2D eigenvalue weighted by Crippen LogP contribution is -2.41. The van der Waals surface area contributed by atoms with E-state index in [4.69, 9.17) is 11.5 Å². The van der Waals surface area contributed by atoms with Crippen molar-refractivity contribution in [2.24, 2.45) is 0 Å². The summed E-state index contributed by atoms with van der Waals surface area (Å²) in [6.45, 7) is -0.234. The quantitative estimate of drug-likeness (QED) is 0.740. The molecule has 0 aliphatic carbocycles. The summed E-state index contributed by atoms with van der Waals surface area (Å²) in [5, 5.41) is 8.58. The van der Waals surface area contributed by atoms with Crippen LogP contribution in [0.3, 0.4) is 0 Å². The molecule has 5 heteroatoms. The Morgan fingerprint density at radius 3 is 2.75 bits per heavy atom. The molecule has 16 heavy (non-hydrogen) atoms. The molecular weight excluding hydrogens is 226 g/mol. The summed E-state index contributed by atoms with van der Waals surface area (Å²) < 4.78 is 0. The minimum Gasteiger partial charge on any atom is -0.480 e. The molecule has 1 aliphatic rings. The fourth-order valence-corrected chi connectivity index (χ4v) is 2.90. The van der Waals surface area contributed by atoms with E-state index in [2.05, 4.69) is 5.92 Å². The van der Waals surface area contributed by atoms with Crippen molar-refractivity contribution in [1.82, 2.24) is 4.90 Å².